The molecule has 1 unspecified atom stereocenters. The number of nitrogens with two attached hydrogens (primary N) is 1. The van der Waals surface area contributed by atoms with E-state index >= 15 is 0 Å². The van der Waals surface area contributed by atoms with Gasteiger partial charge in [0.1, 0.15) is 10.6 Å². The quantitative estimate of drug-likeness (QED) is 0.793. The minimum absolute atomic E-state index is 0. The van der Waals surface area contributed by atoms with Crippen molar-refractivity contribution in [2.24, 2.45) is 10.7 Å². The Morgan fingerprint density at radius 1 is 1.59 bits per heavy atom. The maximum Gasteiger partial charge on any atom is 0.283 e. The van der Waals surface area contributed by atoms with E-state index in [2.05, 4.69) is 11.9 Å². The van der Waals surface area contributed by atoms with Crippen LogP contribution in [0.3, 0.4) is 0 Å². The Bertz CT molecular complexity index is 454. The number of nitrogens with zero attached hydrogens (tertiary/aromatic N) is 1. The molecule has 2 aliphatic heterocycles. The Labute approximate surface area is 110 Å². The second kappa shape index (κ2) is 5.51. The number of hydrogen-bond acceptors (Lipinski definition) is 3. The molecule has 0 aromatic carbocycles. The van der Waals surface area contributed by atoms with Gasteiger partial charge >= 0.3 is 0 Å². The fourth-order valence-corrected chi connectivity index (χ4v) is 2.94. The number of dihydropyridines is 1. The molecule has 0 saturated carbocycles. The van der Waals surface area contributed by atoms with Crippen LogP contribution in [-0.4, -0.2) is 22.1 Å². The molecular formula is C11H13ClN2O2S. The lowest BCUT2D eigenvalue weighted by atomic mass is 10.1. The van der Waals surface area contributed by atoms with Crippen LogP contribution in [0.4, 0.5) is 0 Å². The molecule has 0 aliphatic carbocycles. The molecule has 0 bridgehead atoms. The lowest BCUT2D eigenvalue weighted by Crippen LogP contribution is -2.23. The number of carbonyl (C=O) groups is 2. The molecule has 92 valence electrons. The summed E-state index contributed by atoms with van der Waals surface area (Å²) in [6.45, 7) is 2.11. The van der Waals surface area contributed by atoms with Crippen LogP contribution in [0, 0.1) is 0 Å². The van der Waals surface area contributed by atoms with Gasteiger partial charge in [-0.2, -0.15) is 0 Å². The molecule has 4 nitrogen and oxygen atoms in total. The number of carbonyl (C=O) groups excluding carboxylic acids is 2. The molecule has 2 N–H and O–H groups in total. The van der Waals surface area contributed by atoms with E-state index in [4.69, 9.17) is 5.73 Å². The second-order valence-electron chi connectivity index (χ2n) is 3.71. The maximum absolute atomic E-state index is 11.4. The van der Waals surface area contributed by atoms with Crippen molar-refractivity contribution in [2.75, 3.05) is 0 Å². The number of thioether (sulfide) groups is 1. The maximum atomic E-state index is 11.4. The number of hydrogen-bond donors (Lipinski definition) is 1. The molecule has 17 heavy (non-hydrogen) atoms. The number of aliphatic imine (C=N–C) groups is 1. The molecule has 0 aromatic rings. The molecule has 0 aromatic heterocycles. The van der Waals surface area contributed by atoms with Gasteiger partial charge in [-0.3, -0.25) is 9.59 Å². The highest BCUT2D eigenvalue weighted by Crippen LogP contribution is 2.34. The van der Waals surface area contributed by atoms with Gasteiger partial charge in [0.2, 0.25) is 0 Å². The van der Waals surface area contributed by atoms with Gasteiger partial charge < -0.3 is 5.73 Å². The van der Waals surface area contributed by atoms with Gasteiger partial charge in [0.05, 0.1) is 0 Å². The van der Waals surface area contributed by atoms with Crippen molar-refractivity contribution in [2.45, 2.75) is 25.0 Å². The van der Waals surface area contributed by atoms with E-state index in [1.807, 2.05) is 6.08 Å². The highest BCUT2D eigenvalue weighted by Gasteiger charge is 2.29. The van der Waals surface area contributed by atoms with Crippen molar-refractivity contribution < 1.29 is 9.59 Å². The molecule has 2 aliphatic rings. The Kier molecular flexibility index (Phi) is 4.54. The predicted molar refractivity (Wildman–Crippen MR) is 71.3 cm³/mol. The topological polar surface area (TPSA) is 72.5 Å². The lowest BCUT2D eigenvalue weighted by Gasteiger charge is -2.07. The molecule has 0 radical (unpaired) electrons. The number of fused-ring (bicyclic) bond motifs is 1. The summed E-state index contributed by atoms with van der Waals surface area (Å²) >= 11 is 1.58. The van der Waals surface area contributed by atoms with Gasteiger partial charge in [0.15, 0.2) is 0 Å². The zero-order chi connectivity index (χ0) is 11.7. The van der Waals surface area contributed by atoms with Crippen LogP contribution >= 0.6 is 24.2 Å². The molecule has 2 heterocycles. The van der Waals surface area contributed by atoms with Crippen molar-refractivity contribution in [3.8, 4) is 0 Å². The first kappa shape index (κ1) is 14.0. The third kappa shape index (κ3) is 2.79. The molecule has 0 fully saturated rings. The van der Waals surface area contributed by atoms with E-state index in [0.29, 0.717) is 10.3 Å². The lowest BCUT2D eigenvalue weighted by molar-refractivity contribution is -0.120. The first-order valence-electron chi connectivity index (χ1n) is 5.15. The third-order valence-corrected chi connectivity index (χ3v) is 3.67. The van der Waals surface area contributed by atoms with Gasteiger partial charge in [-0.05, 0) is 12.5 Å². The van der Waals surface area contributed by atoms with Crippen LogP contribution in [-0.2, 0) is 9.59 Å². The summed E-state index contributed by atoms with van der Waals surface area (Å²) in [6, 6.07) is 0. The zero-order valence-electron chi connectivity index (χ0n) is 9.30. The van der Waals surface area contributed by atoms with Crippen LogP contribution in [0.25, 0.3) is 0 Å². The van der Waals surface area contributed by atoms with Gasteiger partial charge in [-0.1, -0.05) is 31.2 Å². The van der Waals surface area contributed by atoms with E-state index in [9.17, 15) is 9.59 Å². The van der Waals surface area contributed by atoms with Gasteiger partial charge in [0.25, 0.3) is 11.8 Å². The summed E-state index contributed by atoms with van der Waals surface area (Å²) in [5, 5.41) is 1.07. The van der Waals surface area contributed by atoms with Crippen LogP contribution in [0.1, 0.15) is 19.8 Å². The SMILES string of the molecule is CCCC1C=C2C=C(C(N)=O)C(=O)N=C2S1.Cl. The monoisotopic (exact) mass is 272 g/mol. The number of rotatable bonds is 3. The van der Waals surface area contributed by atoms with Gasteiger partial charge in [-0.15, -0.1) is 12.4 Å². The Morgan fingerprint density at radius 2 is 2.29 bits per heavy atom. The summed E-state index contributed by atoms with van der Waals surface area (Å²) < 4.78 is 0. The average molecular weight is 273 g/mol. The van der Waals surface area contributed by atoms with Crippen LogP contribution in [0.5, 0.6) is 0 Å². The van der Waals surface area contributed by atoms with Gasteiger partial charge in [0, 0.05) is 10.8 Å². The van der Waals surface area contributed by atoms with E-state index in [1.54, 1.807) is 17.8 Å². The highest BCUT2D eigenvalue weighted by atomic mass is 35.5. The molecular weight excluding hydrogens is 260 g/mol. The number of amides is 2. The normalized spacial score (nSPS) is 22.1. The minimum Gasteiger partial charge on any atom is -0.365 e. The molecule has 6 heteroatoms. The van der Waals surface area contributed by atoms with Crippen molar-refractivity contribution in [3.63, 3.8) is 0 Å². The fourth-order valence-electron chi connectivity index (χ4n) is 1.69. The number of halogens is 1. The highest BCUT2D eigenvalue weighted by molar-refractivity contribution is 8.15. The predicted octanol–water partition coefficient (Wildman–Crippen LogP) is 1.60. The van der Waals surface area contributed by atoms with Gasteiger partial charge in [-0.25, -0.2) is 4.99 Å². The summed E-state index contributed by atoms with van der Waals surface area (Å²) in [6.07, 6.45) is 5.72. The fraction of sp³-hybridized carbons (Fsp3) is 0.364. The summed E-state index contributed by atoms with van der Waals surface area (Å²) in [5.41, 5.74) is 5.94. The van der Waals surface area contributed by atoms with Crippen molar-refractivity contribution >= 4 is 41.0 Å². The van der Waals surface area contributed by atoms with Crippen molar-refractivity contribution in [3.05, 3.63) is 23.3 Å². The Balaban J connectivity index is 0.00000144. The van der Waals surface area contributed by atoms with Crippen LogP contribution in [0.15, 0.2) is 28.3 Å². The Morgan fingerprint density at radius 3 is 2.88 bits per heavy atom. The summed E-state index contributed by atoms with van der Waals surface area (Å²) in [5.74, 6) is -1.23. The molecule has 0 spiro atoms. The molecule has 2 amide bonds. The van der Waals surface area contributed by atoms with Crippen molar-refractivity contribution in [1.82, 2.24) is 0 Å². The first-order chi connectivity index (χ1) is 7.61. The van der Waals surface area contributed by atoms with E-state index in [1.165, 1.54) is 0 Å². The average Bonchev–Trinajstić information content (AvgIpc) is 2.58. The van der Waals surface area contributed by atoms with Crippen LogP contribution in [0.2, 0.25) is 0 Å². The third-order valence-electron chi connectivity index (χ3n) is 2.45. The number of allylic oxidation sites excluding steroid dienone is 1. The standard InChI is InChI=1S/C11H12N2O2S.ClH/c1-2-3-7-4-6-5-8(9(12)14)10(15)13-11(6)16-7;/h4-5,7H,2-3H2,1H3,(H2,12,14);1H. The second-order valence-corrected chi connectivity index (χ2v) is 4.94. The summed E-state index contributed by atoms with van der Waals surface area (Å²) in [7, 11) is 0. The number of primary amides is 1. The van der Waals surface area contributed by atoms with Crippen molar-refractivity contribution in [1.29, 1.82) is 0 Å². The molecule has 0 saturated heterocycles. The largest absolute Gasteiger partial charge is 0.365 e. The van der Waals surface area contributed by atoms with E-state index in [0.717, 1.165) is 18.4 Å². The summed E-state index contributed by atoms with van der Waals surface area (Å²) in [4.78, 5) is 26.3. The molecule has 1 atom stereocenters. The smallest absolute Gasteiger partial charge is 0.283 e. The zero-order valence-corrected chi connectivity index (χ0v) is 10.9. The van der Waals surface area contributed by atoms with Crippen LogP contribution < -0.4 is 5.73 Å². The molecule has 2 rings (SSSR count). The minimum atomic E-state index is -0.711. The van der Waals surface area contributed by atoms with E-state index in [-0.39, 0.29) is 18.0 Å². The Hall–Kier alpha value is -1.07. The van der Waals surface area contributed by atoms with E-state index < -0.39 is 11.8 Å². The first-order valence-corrected chi connectivity index (χ1v) is 6.03.